The van der Waals surface area contributed by atoms with E-state index in [0.717, 1.165) is 16.8 Å². The van der Waals surface area contributed by atoms with Crippen LogP contribution in [0, 0.1) is 24.6 Å². The molecule has 1 aromatic rings. The summed E-state index contributed by atoms with van der Waals surface area (Å²) in [5.41, 5.74) is 1.86. The van der Waals surface area contributed by atoms with Crippen molar-refractivity contribution in [2.75, 3.05) is 0 Å². The predicted molar refractivity (Wildman–Crippen MR) is 70.3 cm³/mol. The Balaban J connectivity index is 2.12. The van der Waals surface area contributed by atoms with Crippen LogP contribution < -0.4 is 5.46 Å². The molecule has 2 heterocycles. The van der Waals surface area contributed by atoms with Gasteiger partial charge in [-0.15, -0.1) is 0 Å². The van der Waals surface area contributed by atoms with Gasteiger partial charge in [-0.05, 0) is 20.8 Å². The number of fused-ring (bicyclic) bond motifs is 1. The number of carbonyl (C=O) groups excluding carboxylic acids is 2. The van der Waals surface area contributed by atoms with Gasteiger partial charge in [0.25, 0.3) is 0 Å². The van der Waals surface area contributed by atoms with Gasteiger partial charge in [0, 0.05) is 5.82 Å². The Morgan fingerprint density at radius 3 is 1.95 bits per heavy atom. The fraction of sp³-hybridized carbons (Fsp3) is 0.357. The van der Waals surface area contributed by atoms with Crippen LogP contribution in [0.25, 0.3) is 0 Å². The lowest BCUT2D eigenvalue weighted by Gasteiger charge is -2.25. The minimum Gasteiger partial charge on any atom is -0.609 e. The molecule has 2 saturated heterocycles. The van der Waals surface area contributed by atoms with Gasteiger partial charge in [-0.1, -0.05) is 35.3 Å². The fourth-order valence-electron chi connectivity index (χ4n) is 3.15. The van der Waals surface area contributed by atoms with Crippen molar-refractivity contribution in [3.8, 4) is 0 Å². The SMILES string of the molecule is Cc1ccc([B-]23OC(=O)[C@@H](C)[C+]2[C@H](C)C(=O)O3)cc1. The van der Waals surface area contributed by atoms with E-state index >= 15 is 0 Å². The number of benzene rings is 1. The topological polar surface area (TPSA) is 52.6 Å². The highest BCUT2D eigenvalue weighted by atomic mass is 16.7. The van der Waals surface area contributed by atoms with E-state index in [2.05, 4.69) is 0 Å². The largest absolute Gasteiger partial charge is 0.609 e. The monoisotopic (exact) mass is 258 g/mol. The molecule has 2 aliphatic heterocycles. The van der Waals surface area contributed by atoms with Gasteiger partial charge >= 0.3 is 18.5 Å². The van der Waals surface area contributed by atoms with Crippen LogP contribution in [0.15, 0.2) is 24.3 Å². The molecule has 0 N–H and O–H groups in total. The molecule has 0 radical (unpaired) electrons. The Hall–Kier alpha value is -1.91. The normalized spacial score (nSPS) is 28.1. The van der Waals surface area contributed by atoms with Crippen molar-refractivity contribution in [2.24, 2.45) is 11.8 Å². The Morgan fingerprint density at radius 2 is 1.47 bits per heavy atom. The Morgan fingerprint density at radius 1 is 1.00 bits per heavy atom. The van der Waals surface area contributed by atoms with Gasteiger partial charge in [-0.3, -0.25) is 9.59 Å². The lowest BCUT2D eigenvalue weighted by atomic mass is 9.41. The smallest absolute Gasteiger partial charge is 0.589 e. The van der Waals surface area contributed by atoms with E-state index in [4.69, 9.17) is 9.31 Å². The third-order valence-electron chi connectivity index (χ3n) is 4.23. The number of hydrogen-bond acceptors (Lipinski definition) is 4. The summed E-state index contributed by atoms with van der Waals surface area (Å²) < 4.78 is 11.0. The first kappa shape index (κ1) is 12.1. The molecule has 2 atom stereocenters. The summed E-state index contributed by atoms with van der Waals surface area (Å²) in [7, 11) is 0. The Labute approximate surface area is 112 Å². The van der Waals surface area contributed by atoms with Crippen LogP contribution in [0.1, 0.15) is 19.4 Å². The number of rotatable bonds is 1. The van der Waals surface area contributed by atoms with E-state index in [1.54, 1.807) is 13.8 Å². The highest BCUT2D eigenvalue weighted by molar-refractivity contribution is 6.91. The van der Waals surface area contributed by atoms with Crippen LogP contribution in [0.4, 0.5) is 0 Å². The molecule has 2 aliphatic rings. The van der Waals surface area contributed by atoms with E-state index in [1.165, 1.54) is 0 Å². The maximum atomic E-state index is 11.9. The zero-order valence-corrected chi connectivity index (χ0v) is 11.2. The van der Waals surface area contributed by atoms with Crippen LogP contribution in [-0.2, 0) is 18.9 Å². The van der Waals surface area contributed by atoms with E-state index in [1.807, 2.05) is 31.2 Å². The van der Waals surface area contributed by atoms with E-state index < -0.39 is 6.55 Å². The van der Waals surface area contributed by atoms with Gasteiger partial charge < -0.3 is 9.31 Å². The summed E-state index contributed by atoms with van der Waals surface area (Å²) in [4.78, 5) is 23.7. The summed E-state index contributed by atoms with van der Waals surface area (Å²) in [6.45, 7) is 3.44. The van der Waals surface area contributed by atoms with Crippen molar-refractivity contribution in [1.82, 2.24) is 0 Å². The molecule has 98 valence electrons. The van der Waals surface area contributed by atoms with Gasteiger partial charge in [-0.25, -0.2) is 0 Å². The zero-order chi connectivity index (χ0) is 13.8. The standard InChI is InChI=1S/C14H15BO4/c1-8-4-6-11(7-5-8)15-12(9(2)13(16)18-15)10(3)14(17)19-15/h4-7,9-10H,1-3H3/t9-,10-/m0/s1. The number of hydrogen-bond donors (Lipinski definition) is 0. The van der Waals surface area contributed by atoms with E-state index in [-0.39, 0.29) is 23.8 Å². The van der Waals surface area contributed by atoms with Crippen molar-refractivity contribution < 1.29 is 18.9 Å². The van der Waals surface area contributed by atoms with Crippen molar-refractivity contribution >= 4 is 24.0 Å². The van der Waals surface area contributed by atoms with Crippen molar-refractivity contribution in [2.45, 2.75) is 20.8 Å². The molecule has 5 heteroatoms. The second-order valence-electron chi connectivity index (χ2n) is 5.44. The maximum Gasteiger partial charge on any atom is 0.589 e. The second kappa shape index (κ2) is 3.79. The highest BCUT2D eigenvalue weighted by Crippen LogP contribution is 2.46. The van der Waals surface area contributed by atoms with Crippen LogP contribution in [0.2, 0.25) is 0 Å². The Kier molecular flexibility index (Phi) is 2.42. The molecule has 0 aromatic heterocycles. The summed E-state index contributed by atoms with van der Waals surface area (Å²) in [5, 5.41) is 0. The molecule has 0 amide bonds. The molecule has 0 unspecified atom stereocenters. The van der Waals surface area contributed by atoms with Gasteiger partial charge in [-0.2, -0.15) is 0 Å². The van der Waals surface area contributed by atoms with Gasteiger partial charge in [0.2, 0.25) is 0 Å². The van der Waals surface area contributed by atoms with Crippen LogP contribution in [0.5, 0.6) is 0 Å². The van der Waals surface area contributed by atoms with Crippen LogP contribution in [-0.4, -0.2) is 18.5 Å². The van der Waals surface area contributed by atoms with Crippen molar-refractivity contribution in [3.63, 3.8) is 0 Å². The van der Waals surface area contributed by atoms with Crippen LogP contribution in [0.3, 0.4) is 0 Å². The highest BCUT2D eigenvalue weighted by Gasteiger charge is 2.72. The van der Waals surface area contributed by atoms with Crippen LogP contribution >= 0.6 is 0 Å². The minimum atomic E-state index is -2.08. The molecule has 19 heavy (non-hydrogen) atoms. The molecule has 3 rings (SSSR count). The summed E-state index contributed by atoms with van der Waals surface area (Å²) >= 11 is 0. The summed E-state index contributed by atoms with van der Waals surface area (Å²) in [6, 6.07) is 7.59. The molecular weight excluding hydrogens is 243 g/mol. The first-order chi connectivity index (χ1) is 8.95. The first-order valence-electron chi connectivity index (χ1n) is 6.50. The van der Waals surface area contributed by atoms with Crippen molar-refractivity contribution in [3.05, 3.63) is 35.6 Å². The third-order valence-corrected chi connectivity index (χ3v) is 4.23. The molecular formula is C14H15BO4. The predicted octanol–water partition coefficient (Wildman–Crippen LogP) is 1.14. The lowest BCUT2D eigenvalue weighted by Crippen LogP contribution is -2.53. The number of aryl methyl sites for hydroxylation is 1. The maximum absolute atomic E-state index is 11.9. The molecule has 2 fully saturated rings. The average Bonchev–Trinajstić information content (AvgIpc) is 2.76. The Bertz CT molecular complexity index is 527. The van der Waals surface area contributed by atoms with Gasteiger partial charge in [0.15, 0.2) is 11.8 Å². The third kappa shape index (κ3) is 1.50. The van der Waals surface area contributed by atoms with Gasteiger partial charge in [0.05, 0.1) is 0 Å². The first-order valence-corrected chi connectivity index (χ1v) is 6.50. The van der Waals surface area contributed by atoms with E-state index in [9.17, 15) is 9.59 Å². The number of carbonyl (C=O) groups is 2. The fourth-order valence-corrected chi connectivity index (χ4v) is 3.15. The average molecular weight is 258 g/mol. The summed E-state index contributed by atoms with van der Waals surface area (Å²) in [6.07, 6.45) is 0. The lowest BCUT2D eigenvalue weighted by molar-refractivity contribution is -0.142. The second-order valence-corrected chi connectivity index (χ2v) is 5.44. The van der Waals surface area contributed by atoms with Crippen molar-refractivity contribution in [1.29, 1.82) is 0 Å². The molecule has 4 nitrogen and oxygen atoms in total. The summed E-state index contributed by atoms with van der Waals surface area (Å²) in [5.74, 6) is -0.616. The molecule has 1 aromatic carbocycles. The molecule has 0 bridgehead atoms. The molecule has 0 aliphatic carbocycles. The van der Waals surface area contributed by atoms with E-state index in [0.29, 0.717) is 0 Å². The quantitative estimate of drug-likeness (QED) is 0.560. The molecule has 0 spiro atoms. The zero-order valence-electron chi connectivity index (χ0n) is 11.2. The minimum absolute atomic E-state index is 0.310. The van der Waals surface area contributed by atoms with Gasteiger partial charge in [0.1, 0.15) is 0 Å². The molecule has 0 saturated carbocycles.